The van der Waals surface area contributed by atoms with Crippen LogP contribution in [0, 0.1) is 6.92 Å². The highest BCUT2D eigenvalue weighted by atomic mass is 19.4. The highest BCUT2D eigenvalue weighted by Gasteiger charge is 2.36. The Bertz CT molecular complexity index is 663. The summed E-state index contributed by atoms with van der Waals surface area (Å²) in [5.74, 6) is -0.685. The number of aliphatic hydroxyl groups excluding tert-OH is 1. The molecule has 0 aliphatic heterocycles. The quantitative estimate of drug-likeness (QED) is 0.809. The minimum absolute atomic E-state index is 0.0840. The molecule has 0 atom stereocenters. The average Bonchev–Trinajstić information content (AvgIpc) is 2.87. The van der Waals surface area contributed by atoms with E-state index in [1.807, 2.05) is 5.10 Å². The molecule has 2 aromatic rings. The highest BCUT2D eigenvalue weighted by Crippen LogP contribution is 2.30. The third-order valence-corrected chi connectivity index (χ3v) is 3.17. The first kappa shape index (κ1) is 16.0. The number of carbonyl (C=O) groups excluding carboxylic acids is 1. The number of hydrogen-bond donors (Lipinski definition) is 3. The molecule has 0 spiro atoms. The number of nitrogens with zero attached hydrogens (tertiary/aromatic N) is 1. The van der Waals surface area contributed by atoms with Crippen LogP contribution in [0.1, 0.15) is 32.9 Å². The Hall–Kier alpha value is -2.35. The molecule has 0 saturated carbocycles. The van der Waals surface area contributed by atoms with Crippen LogP contribution >= 0.6 is 0 Å². The van der Waals surface area contributed by atoms with Crippen molar-refractivity contribution in [2.24, 2.45) is 0 Å². The number of aliphatic hydroxyl groups is 1. The maximum Gasteiger partial charge on any atom is 0.433 e. The number of amides is 1. The molecule has 0 aliphatic rings. The molecule has 118 valence electrons. The Morgan fingerprint density at radius 1 is 1.27 bits per heavy atom. The van der Waals surface area contributed by atoms with Gasteiger partial charge in [0.1, 0.15) is 5.69 Å². The fourth-order valence-electron chi connectivity index (χ4n) is 1.92. The van der Waals surface area contributed by atoms with Gasteiger partial charge in [-0.3, -0.25) is 9.89 Å². The monoisotopic (exact) mass is 313 g/mol. The van der Waals surface area contributed by atoms with Crippen LogP contribution in [0.25, 0.3) is 0 Å². The number of benzene rings is 1. The Balaban J connectivity index is 2.05. The largest absolute Gasteiger partial charge is 0.433 e. The van der Waals surface area contributed by atoms with Crippen LogP contribution in [0.4, 0.5) is 13.2 Å². The molecule has 1 amide bonds. The first-order chi connectivity index (χ1) is 10.3. The molecule has 3 N–H and O–H groups in total. The van der Waals surface area contributed by atoms with Crippen molar-refractivity contribution >= 4 is 5.91 Å². The molecule has 0 fully saturated rings. The van der Waals surface area contributed by atoms with Gasteiger partial charge < -0.3 is 10.4 Å². The Morgan fingerprint density at radius 3 is 2.36 bits per heavy atom. The van der Waals surface area contributed by atoms with Crippen molar-refractivity contribution < 1.29 is 23.1 Å². The molecule has 2 rings (SSSR count). The number of carbonyl (C=O) groups is 1. The van der Waals surface area contributed by atoms with Gasteiger partial charge in [-0.1, -0.05) is 24.3 Å². The number of rotatable bonds is 4. The van der Waals surface area contributed by atoms with E-state index in [-0.39, 0.29) is 24.4 Å². The summed E-state index contributed by atoms with van der Waals surface area (Å²) < 4.78 is 37.9. The Labute approximate surface area is 124 Å². The zero-order valence-corrected chi connectivity index (χ0v) is 11.7. The molecule has 0 bridgehead atoms. The standard InChI is InChI=1S/C14H14F3N3O2/c1-8-11(19-20-12(8)14(15,16)17)13(22)18-6-9-2-4-10(7-21)5-3-9/h2-5,21H,6-7H2,1H3,(H,18,22)(H,19,20). The molecule has 0 radical (unpaired) electrons. The van der Waals surface area contributed by atoms with Gasteiger partial charge >= 0.3 is 6.18 Å². The molecule has 1 heterocycles. The summed E-state index contributed by atoms with van der Waals surface area (Å²) in [6, 6.07) is 6.82. The second-order valence-corrected chi connectivity index (χ2v) is 4.73. The third kappa shape index (κ3) is 3.45. The smallest absolute Gasteiger partial charge is 0.392 e. The van der Waals surface area contributed by atoms with Crippen molar-refractivity contribution in [1.82, 2.24) is 15.5 Å². The van der Waals surface area contributed by atoms with Gasteiger partial charge in [-0.25, -0.2) is 0 Å². The van der Waals surface area contributed by atoms with Gasteiger partial charge in [-0.15, -0.1) is 0 Å². The van der Waals surface area contributed by atoms with E-state index in [1.54, 1.807) is 24.3 Å². The molecular formula is C14H14F3N3O2. The summed E-state index contributed by atoms with van der Waals surface area (Å²) in [6.45, 7) is 1.26. The van der Waals surface area contributed by atoms with Gasteiger partial charge in [0.05, 0.1) is 6.61 Å². The predicted molar refractivity (Wildman–Crippen MR) is 71.9 cm³/mol. The zero-order valence-electron chi connectivity index (χ0n) is 11.7. The predicted octanol–water partition coefficient (Wildman–Crippen LogP) is 2.16. The minimum Gasteiger partial charge on any atom is -0.392 e. The van der Waals surface area contributed by atoms with Crippen LogP contribution in [0.2, 0.25) is 0 Å². The van der Waals surface area contributed by atoms with E-state index in [4.69, 9.17) is 5.11 Å². The van der Waals surface area contributed by atoms with Crippen LogP contribution in [0.3, 0.4) is 0 Å². The van der Waals surface area contributed by atoms with Gasteiger partial charge in [-0.2, -0.15) is 18.3 Å². The van der Waals surface area contributed by atoms with E-state index in [0.29, 0.717) is 0 Å². The van der Waals surface area contributed by atoms with E-state index in [9.17, 15) is 18.0 Å². The average molecular weight is 313 g/mol. The minimum atomic E-state index is -4.57. The molecule has 1 aromatic carbocycles. The fourth-order valence-corrected chi connectivity index (χ4v) is 1.92. The highest BCUT2D eigenvalue weighted by molar-refractivity contribution is 5.93. The van der Waals surface area contributed by atoms with Crippen LogP contribution in [-0.4, -0.2) is 21.2 Å². The molecule has 1 aromatic heterocycles. The molecule has 22 heavy (non-hydrogen) atoms. The van der Waals surface area contributed by atoms with E-state index in [0.717, 1.165) is 11.1 Å². The summed E-state index contributed by atoms with van der Waals surface area (Å²) >= 11 is 0. The van der Waals surface area contributed by atoms with Crippen LogP contribution in [0.15, 0.2) is 24.3 Å². The number of aromatic amines is 1. The summed E-state index contributed by atoms with van der Waals surface area (Å²) in [5, 5.41) is 16.7. The van der Waals surface area contributed by atoms with E-state index >= 15 is 0 Å². The van der Waals surface area contributed by atoms with Gasteiger partial charge in [0.25, 0.3) is 5.91 Å². The van der Waals surface area contributed by atoms with Gasteiger partial charge in [0.15, 0.2) is 5.69 Å². The van der Waals surface area contributed by atoms with E-state index in [2.05, 4.69) is 10.4 Å². The first-order valence-electron chi connectivity index (χ1n) is 6.42. The van der Waals surface area contributed by atoms with Gasteiger partial charge in [-0.05, 0) is 18.1 Å². The SMILES string of the molecule is Cc1c(C(=O)NCc2ccc(CO)cc2)n[nH]c1C(F)(F)F. The lowest BCUT2D eigenvalue weighted by Crippen LogP contribution is -2.24. The molecule has 5 nitrogen and oxygen atoms in total. The maximum absolute atomic E-state index is 12.6. The van der Waals surface area contributed by atoms with Gasteiger partial charge in [0.2, 0.25) is 0 Å². The van der Waals surface area contributed by atoms with Crippen molar-refractivity contribution in [3.8, 4) is 0 Å². The lowest BCUT2D eigenvalue weighted by molar-refractivity contribution is -0.141. The van der Waals surface area contributed by atoms with Crippen molar-refractivity contribution in [2.45, 2.75) is 26.3 Å². The van der Waals surface area contributed by atoms with E-state index in [1.165, 1.54) is 6.92 Å². The molecular weight excluding hydrogens is 299 g/mol. The van der Waals surface area contributed by atoms with Gasteiger partial charge in [0, 0.05) is 12.1 Å². The van der Waals surface area contributed by atoms with Crippen molar-refractivity contribution in [1.29, 1.82) is 0 Å². The second kappa shape index (κ2) is 6.18. The van der Waals surface area contributed by atoms with Crippen LogP contribution < -0.4 is 5.32 Å². The Kier molecular flexibility index (Phi) is 4.51. The van der Waals surface area contributed by atoms with Crippen molar-refractivity contribution in [3.63, 3.8) is 0 Å². The molecule has 0 aliphatic carbocycles. The fraction of sp³-hybridized carbons (Fsp3) is 0.286. The third-order valence-electron chi connectivity index (χ3n) is 3.17. The van der Waals surface area contributed by atoms with Crippen molar-refractivity contribution in [2.75, 3.05) is 0 Å². The summed E-state index contributed by atoms with van der Waals surface area (Å²) in [7, 11) is 0. The zero-order chi connectivity index (χ0) is 16.3. The second-order valence-electron chi connectivity index (χ2n) is 4.73. The maximum atomic E-state index is 12.6. The Morgan fingerprint density at radius 2 is 1.86 bits per heavy atom. The van der Waals surface area contributed by atoms with Crippen molar-refractivity contribution in [3.05, 3.63) is 52.3 Å². The van der Waals surface area contributed by atoms with E-state index < -0.39 is 17.8 Å². The summed E-state index contributed by atoms with van der Waals surface area (Å²) in [6.07, 6.45) is -4.57. The molecule has 0 saturated heterocycles. The molecule has 0 unspecified atom stereocenters. The van der Waals surface area contributed by atoms with Crippen LogP contribution in [0.5, 0.6) is 0 Å². The lowest BCUT2D eigenvalue weighted by atomic mass is 10.1. The topological polar surface area (TPSA) is 78.0 Å². The normalized spacial score (nSPS) is 11.5. The number of nitrogens with one attached hydrogen (secondary N) is 2. The summed E-state index contributed by atoms with van der Waals surface area (Å²) in [4.78, 5) is 11.9. The lowest BCUT2D eigenvalue weighted by Gasteiger charge is -2.06. The number of aromatic nitrogens is 2. The number of H-pyrrole nitrogens is 1. The molecule has 8 heteroatoms. The first-order valence-corrected chi connectivity index (χ1v) is 6.42. The number of halogens is 3. The summed E-state index contributed by atoms with van der Waals surface area (Å²) in [5.41, 5.74) is -0.0484. The number of hydrogen-bond acceptors (Lipinski definition) is 3. The number of alkyl halides is 3. The van der Waals surface area contributed by atoms with Crippen LogP contribution in [-0.2, 0) is 19.3 Å².